The van der Waals surface area contributed by atoms with Crippen molar-refractivity contribution in [3.05, 3.63) is 23.7 Å². The molecule has 14 heavy (non-hydrogen) atoms. The van der Waals surface area contributed by atoms with Crippen molar-refractivity contribution in [1.29, 1.82) is 0 Å². The Morgan fingerprint density at radius 2 is 2.29 bits per heavy atom. The van der Waals surface area contributed by atoms with E-state index in [4.69, 9.17) is 4.42 Å². The third-order valence-corrected chi connectivity index (χ3v) is 2.43. The third-order valence-electron chi connectivity index (χ3n) is 2.43. The lowest BCUT2D eigenvalue weighted by Gasteiger charge is -1.86. The first-order valence-corrected chi connectivity index (χ1v) is 4.82. The molecule has 0 bridgehead atoms. The molecule has 0 aliphatic heterocycles. The summed E-state index contributed by atoms with van der Waals surface area (Å²) in [5.74, 6) is 3.89. The fourth-order valence-electron chi connectivity index (χ4n) is 1.48. The molecule has 2 aromatic heterocycles. The van der Waals surface area contributed by atoms with Gasteiger partial charge >= 0.3 is 0 Å². The Kier molecular flexibility index (Phi) is 1.50. The lowest BCUT2D eigenvalue weighted by atomic mass is 10.4. The highest BCUT2D eigenvalue weighted by Gasteiger charge is 2.27. The number of H-pyrrole nitrogens is 1. The van der Waals surface area contributed by atoms with E-state index >= 15 is 0 Å². The Morgan fingerprint density at radius 3 is 2.93 bits per heavy atom. The second-order valence-corrected chi connectivity index (χ2v) is 3.73. The normalized spacial score (nSPS) is 16.1. The second kappa shape index (κ2) is 2.70. The standard InChI is InChI=1S/C10H11N3O/c1-6-2-5-8(14-6)10-11-9(12-13-10)7-3-4-7/h2,5,7H,3-4H2,1H3,(H,11,12,13). The number of furan rings is 1. The number of hydrogen-bond donors (Lipinski definition) is 1. The Labute approximate surface area is 81.4 Å². The number of aromatic amines is 1. The van der Waals surface area contributed by atoms with Gasteiger partial charge in [-0.05, 0) is 31.9 Å². The van der Waals surface area contributed by atoms with Gasteiger partial charge in [-0.25, -0.2) is 4.98 Å². The van der Waals surface area contributed by atoms with Gasteiger partial charge in [0.25, 0.3) is 0 Å². The van der Waals surface area contributed by atoms with Crippen molar-refractivity contribution in [3.63, 3.8) is 0 Å². The minimum Gasteiger partial charge on any atom is -0.458 e. The van der Waals surface area contributed by atoms with E-state index in [9.17, 15) is 0 Å². The summed E-state index contributed by atoms with van der Waals surface area (Å²) in [4.78, 5) is 4.40. The van der Waals surface area contributed by atoms with Crippen molar-refractivity contribution in [3.8, 4) is 11.6 Å². The molecule has 0 amide bonds. The van der Waals surface area contributed by atoms with Gasteiger partial charge < -0.3 is 4.42 Å². The number of aromatic nitrogens is 3. The molecular formula is C10H11N3O. The van der Waals surface area contributed by atoms with Crippen molar-refractivity contribution in [2.24, 2.45) is 0 Å². The summed E-state index contributed by atoms with van der Waals surface area (Å²) in [6.45, 7) is 1.91. The molecule has 4 heteroatoms. The Balaban J connectivity index is 1.95. The van der Waals surface area contributed by atoms with Gasteiger partial charge in [0.2, 0.25) is 5.82 Å². The highest BCUT2D eigenvalue weighted by molar-refractivity contribution is 5.46. The summed E-state index contributed by atoms with van der Waals surface area (Å²) in [6.07, 6.45) is 2.46. The van der Waals surface area contributed by atoms with Crippen molar-refractivity contribution in [2.45, 2.75) is 25.7 Å². The van der Waals surface area contributed by atoms with Crippen LogP contribution in [0.25, 0.3) is 11.6 Å². The Bertz CT molecular complexity index is 453. The van der Waals surface area contributed by atoms with E-state index in [1.165, 1.54) is 12.8 Å². The van der Waals surface area contributed by atoms with Crippen LogP contribution in [0.2, 0.25) is 0 Å². The van der Waals surface area contributed by atoms with Crippen molar-refractivity contribution < 1.29 is 4.42 Å². The predicted octanol–water partition coefficient (Wildman–Crippen LogP) is 2.25. The largest absolute Gasteiger partial charge is 0.458 e. The van der Waals surface area contributed by atoms with Crippen LogP contribution in [0.15, 0.2) is 16.5 Å². The molecule has 0 saturated heterocycles. The van der Waals surface area contributed by atoms with Crippen molar-refractivity contribution in [2.75, 3.05) is 0 Å². The monoisotopic (exact) mass is 189 g/mol. The van der Waals surface area contributed by atoms with E-state index in [1.54, 1.807) is 0 Å². The molecule has 3 rings (SSSR count). The van der Waals surface area contributed by atoms with Crippen LogP contribution < -0.4 is 0 Å². The van der Waals surface area contributed by atoms with Crippen molar-refractivity contribution >= 4 is 0 Å². The SMILES string of the molecule is Cc1ccc(-c2n[nH]c(C3CC3)n2)o1. The molecule has 0 atom stereocenters. The molecular weight excluding hydrogens is 178 g/mol. The zero-order valence-electron chi connectivity index (χ0n) is 7.95. The first kappa shape index (κ1) is 7.79. The van der Waals surface area contributed by atoms with E-state index in [0.717, 1.165) is 17.3 Å². The molecule has 1 aliphatic rings. The molecule has 4 nitrogen and oxygen atoms in total. The Hall–Kier alpha value is -1.58. The third kappa shape index (κ3) is 1.23. The van der Waals surface area contributed by atoms with Gasteiger partial charge in [0.1, 0.15) is 11.6 Å². The van der Waals surface area contributed by atoms with Gasteiger partial charge in [-0.15, -0.1) is 0 Å². The molecule has 0 aromatic carbocycles. The van der Waals surface area contributed by atoms with Gasteiger partial charge in [0.15, 0.2) is 5.76 Å². The first-order valence-electron chi connectivity index (χ1n) is 4.82. The quantitative estimate of drug-likeness (QED) is 0.788. The highest BCUT2D eigenvalue weighted by Crippen LogP contribution is 2.38. The van der Waals surface area contributed by atoms with Gasteiger partial charge in [0, 0.05) is 5.92 Å². The number of hydrogen-bond acceptors (Lipinski definition) is 3. The van der Waals surface area contributed by atoms with Gasteiger partial charge in [-0.3, -0.25) is 5.10 Å². The molecule has 1 fully saturated rings. The maximum atomic E-state index is 5.44. The summed E-state index contributed by atoms with van der Waals surface area (Å²) in [5, 5.41) is 7.09. The van der Waals surface area contributed by atoms with E-state index in [2.05, 4.69) is 15.2 Å². The first-order chi connectivity index (χ1) is 6.83. The van der Waals surface area contributed by atoms with Crippen LogP contribution in [0, 0.1) is 6.92 Å². The van der Waals surface area contributed by atoms with Gasteiger partial charge in [-0.1, -0.05) is 0 Å². The van der Waals surface area contributed by atoms with E-state index in [0.29, 0.717) is 11.7 Å². The molecule has 0 unspecified atom stereocenters. The molecule has 72 valence electrons. The molecule has 2 heterocycles. The molecule has 2 aromatic rings. The number of aryl methyl sites for hydroxylation is 1. The summed E-state index contributed by atoms with van der Waals surface area (Å²) in [6, 6.07) is 3.82. The zero-order chi connectivity index (χ0) is 9.54. The summed E-state index contributed by atoms with van der Waals surface area (Å²) in [7, 11) is 0. The molecule has 0 spiro atoms. The van der Waals surface area contributed by atoms with Gasteiger partial charge in [0.05, 0.1) is 0 Å². The average Bonchev–Trinajstić information content (AvgIpc) is 2.76. The van der Waals surface area contributed by atoms with E-state index in [1.807, 2.05) is 19.1 Å². The van der Waals surface area contributed by atoms with E-state index in [-0.39, 0.29) is 0 Å². The lowest BCUT2D eigenvalue weighted by Crippen LogP contribution is -1.80. The maximum Gasteiger partial charge on any atom is 0.216 e. The highest BCUT2D eigenvalue weighted by atomic mass is 16.3. The van der Waals surface area contributed by atoms with Crippen LogP contribution in [0.1, 0.15) is 30.3 Å². The minimum atomic E-state index is 0.604. The smallest absolute Gasteiger partial charge is 0.216 e. The summed E-state index contributed by atoms with van der Waals surface area (Å²) < 4.78 is 5.44. The van der Waals surface area contributed by atoms with Crippen LogP contribution in [0.4, 0.5) is 0 Å². The predicted molar refractivity (Wildman–Crippen MR) is 50.8 cm³/mol. The molecule has 1 aliphatic carbocycles. The molecule has 1 N–H and O–H groups in total. The van der Waals surface area contributed by atoms with E-state index < -0.39 is 0 Å². The fourth-order valence-corrected chi connectivity index (χ4v) is 1.48. The summed E-state index contributed by atoms with van der Waals surface area (Å²) in [5.41, 5.74) is 0. The second-order valence-electron chi connectivity index (χ2n) is 3.73. The molecule has 0 radical (unpaired) electrons. The zero-order valence-corrected chi connectivity index (χ0v) is 7.95. The summed E-state index contributed by atoms with van der Waals surface area (Å²) >= 11 is 0. The van der Waals surface area contributed by atoms with Crippen molar-refractivity contribution in [1.82, 2.24) is 15.2 Å². The molecule has 1 saturated carbocycles. The Morgan fingerprint density at radius 1 is 1.43 bits per heavy atom. The number of nitrogens with zero attached hydrogens (tertiary/aromatic N) is 2. The minimum absolute atomic E-state index is 0.604. The number of nitrogens with one attached hydrogen (secondary N) is 1. The van der Waals surface area contributed by atoms with Crippen LogP contribution in [0.5, 0.6) is 0 Å². The lowest BCUT2D eigenvalue weighted by molar-refractivity contribution is 0.544. The topological polar surface area (TPSA) is 54.7 Å². The van der Waals surface area contributed by atoms with Crippen LogP contribution in [-0.2, 0) is 0 Å². The van der Waals surface area contributed by atoms with Crippen LogP contribution in [0.3, 0.4) is 0 Å². The fraction of sp³-hybridized carbons (Fsp3) is 0.400. The average molecular weight is 189 g/mol. The van der Waals surface area contributed by atoms with Gasteiger partial charge in [-0.2, -0.15) is 5.10 Å². The van der Waals surface area contributed by atoms with Crippen LogP contribution >= 0.6 is 0 Å². The number of rotatable bonds is 2. The van der Waals surface area contributed by atoms with Crippen LogP contribution in [-0.4, -0.2) is 15.2 Å². The maximum absolute atomic E-state index is 5.44.